The predicted molar refractivity (Wildman–Crippen MR) is 88.8 cm³/mol. The number of nitrogens with zero attached hydrogens (tertiary/aromatic N) is 1. The highest BCUT2D eigenvalue weighted by atomic mass is 79.9. The highest BCUT2D eigenvalue weighted by molar-refractivity contribution is 9.10. The number of rotatable bonds is 1. The Balaban J connectivity index is 0.00000161. The zero-order valence-corrected chi connectivity index (χ0v) is 14.2. The molecule has 3 rings (SSSR count). The van der Waals surface area contributed by atoms with Gasteiger partial charge in [-0.25, -0.2) is 0 Å². The molecule has 2 fully saturated rings. The van der Waals surface area contributed by atoms with Crippen LogP contribution in [0.15, 0.2) is 22.7 Å². The highest BCUT2D eigenvalue weighted by Crippen LogP contribution is 2.30. The summed E-state index contributed by atoms with van der Waals surface area (Å²) in [5, 5.41) is 0. The van der Waals surface area contributed by atoms with E-state index in [1.165, 1.54) is 12.8 Å². The van der Waals surface area contributed by atoms with Gasteiger partial charge < -0.3 is 15.4 Å². The van der Waals surface area contributed by atoms with E-state index in [4.69, 9.17) is 10.5 Å². The number of hydrogen-bond acceptors (Lipinski definition) is 3. The first-order chi connectivity index (χ1) is 9.66. The van der Waals surface area contributed by atoms with Crippen molar-refractivity contribution in [3.05, 3.63) is 28.2 Å². The maximum Gasteiger partial charge on any atom is 0.256 e. The van der Waals surface area contributed by atoms with Crippen molar-refractivity contribution < 1.29 is 9.53 Å². The molecule has 2 atom stereocenters. The van der Waals surface area contributed by atoms with Gasteiger partial charge >= 0.3 is 0 Å². The number of benzene rings is 1. The van der Waals surface area contributed by atoms with Gasteiger partial charge in [-0.05, 0) is 31.0 Å². The Labute approximate surface area is 139 Å². The van der Waals surface area contributed by atoms with Crippen molar-refractivity contribution in [1.29, 1.82) is 0 Å². The van der Waals surface area contributed by atoms with Crippen molar-refractivity contribution in [3.63, 3.8) is 0 Å². The number of carbonyl (C=O) groups is 1. The van der Waals surface area contributed by atoms with Gasteiger partial charge in [-0.3, -0.25) is 4.79 Å². The number of nitrogen functional groups attached to an aromatic ring is 1. The quantitative estimate of drug-likeness (QED) is 0.767. The van der Waals surface area contributed by atoms with E-state index < -0.39 is 0 Å². The summed E-state index contributed by atoms with van der Waals surface area (Å²) in [4.78, 5) is 14.7. The summed E-state index contributed by atoms with van der Waals surface area (Å²) in [6.45, 7) is 1.29. The lowest BCUT2D eigenvalue weighted by Gasteiger charge is -2.43. The summed E-state index contributed by atoms with van der Waals surface area (Å²) >= 11 is 3.37. The summed E-state index contributed by atoms with van der Waals surface area (Å²) in [5.74, 6) is 0.0372. The lowest BCUT2D eigenvalue weighted by atomic mass is 9.89. The Kier molecular flexibility index (Phi) is 5.52. The van der Waals surface area contributed by atoms with Crippen LogP contribution in [-0.4, -0.2) is 36.1 Å². The zero-order valence-electron chi connectivity index (χ0n) is 11.8. The number of nitrogens with two attached hydrogens (primary N) is 1. The summed E-state index contributed by atoms with van der Waals surface area (Å²) in [5.41, 5.74) is 7.12. The van der Waals surface area contributed by atoms with Crippen molar-refractivity contribution in [1.82, 2.24) is 4.90 Å². The number of morpholine rings is 1. The minimum atomic E-state index is 0. The second-order valence-electron chi connectivity index (χ2n) is 5.49. The van der Waals surface area contributed by atoms with E-state index in [2.05, 4.69) is 15.9 Å². The monoisotopic (exact) mass is 374 g/mol. The van der Waals surface area contributed by atoms with Gasteiger partial charge in [0.2, 0.25) is 0 Å². The molecule has 1 amide bonds. The standard InChI is InChI=1S/C15H19BrN2O2.ClH/c16-10-5-6-11(12(17)9-10)15(19)18-7-8-20-14-4-2-1-3-13(14)18;/h5-6,9,13-14H,1-4,7-8,17H2;1H. The number of anilines is 1. The van der Waals surface area contributed by atoms with Crippen LogP contribution in [0, 0.1) is 0 Å². The molecular formula is C15H20BrClN2O2. The molecule has 0 bridgehead atoms. The second-order valence-corrected chi connectivity index (χ2v) is 6.41. The van der Waals surface area contributed by atoms with Gasteiger partial charge in [0.25, 0.3) is 5.91 Å². The average molecular weight is 376 g/mol. The van der Waals surface area contributed by atoms with Crippen LogP contribution in [-0.2, 0) is 4.74 Å². The molecule has 1 aliphatic carbocycles. The molecule has 21 heavy (non-hydrogen) atoms. The Bertz CT molecular complexity index is 524. The largest absolute Gasteiger partial charge is 0.398 e. The molecule has 1 aliphatic heterocycles. The third-order valence-electron chi connectivity index (χ3n) is 4.24. The SMILES string of the molecule is Cl.Nc1cc(Br)ccc1C(=O)N1CCOC2CCCCC21. The Morgan fingerprint density at radius 1 is 1.33 bits per heavy atom. The van der Waals surface area contributed by atoms with Gasteiger partial charge in [0.15, 0.2) is 0 Å². The summed E-state index contributed by atoms with van der Waals surface area (Å²) in [6, 6.07) is 5.66. The third kappa shape index (κ3) is 3.35. The summed E-state index contributed by atoms with van der Waals surface area (Å²) in [7, 11) is 0. The maximum atomic E-state index is 12.8. The first-order valence-electron chi connectivity index (χ1n) is 7.14. The molecule has 2 aliphatic rings. The third-order valence-corrected chi connectivity index (χ3v) is 4.73. The van der Waals surface area contributed by atoms with Crippen LogP contribution in [0.5, 0.6) is 0 Å². The number of ether oxygens (including phenoxy) is 1. The zero-order chi connectivity index (χ0) is 14.1. The maximum absolute atomic E-state index is 12.8. The number of carbonyl (C=O) groups excluding carboxylic acids is 1. The van der Waals surface area contributed by atoms with E-state index in [0.717, 1.165) is 17.3 Å². The minimum absolute atomic E-state index is 0. The van der Waals surface area contributed by atoms with Crippen LogP contribution in [0.2, 0.25) is 0 Å². The molecule has 2 N–H and O–H groups in total. The van der Waals surface area contributed by atoms with Crippen LogP contribution in [0.4, 0.5) is 5.69 Å². The fourth-order valence-corrected chi connectivity index (χ4v) is 3.61. The molecule has 0 aromatic heterocycles. The van der Waals surface area contributed by atoms with E-state index in [9.17, 15) is 4.79 Å². The van der Waals surface area contributed by atoms with Gasteiger partial charge in [0.05, 0.1) is 24.3 Å². The van der Waals surface area contributed by atoms with Gasteiger partial charge in [-0.2, -0.15) is 0 Å². The number of fused-ring (bicyclic) bond motifs is 1. The Hall–Kier alpha value is -0.780. The normalized spacial score (nSPS) is 24.9. The highest BCUT2D eigenvalue weighted by Gasteiger charge is 2.37. The summed E-state index contributed by atoms with van der Waals surface area (Å²) in [6.07, 6.45) is 4.67. The first-order valence-corrected chi connectivity index (χ1v) is 7.94. The number of hydrogen-bond donors (Lipinski definition) is 1. The van der Waals surface area contributed by atoms with Gasteiger partial charge in [-0.1, -0.05) is 28.8 Å². The van der Waals surface area contributed by atoms with E-state index in [1.807, 2.05) is 11.0 Å². The van der Waals surface area contributed by atoms with Crippen LogP contribution in [0.1, 0.15) is 36.0 Å². The lowest BCUT2D eigenvalue weighted by molar-refractivity contribution is -0.0752. The topological polar surface area (TPSA) is 55.6 Å². The van der Waals surface area contributed by atoms with E-state index in [-0.39, 0.29) is 30.5 Å². The molecule has 1 saturated heterocycles. The minimum Gasteiger partial charge on any atom is -0.398 e. The Morgan fingerprint density at radius 3 is 2.86 bits per heavy atom. The van der Waals surface area contributed by atoms with E-state index >= 15 is 0 Å². The van der Waals surface area contributed by atoms with Crippen molar-refractivity contribution >= 4 is 39.9 Å². The van der Waals surface area contributed by atoms with Gasteiger partial charge in [0.1, 0.15) is 0 Å². The molecule has 0 radical (unpaired) electrons. The molecule has 1 aromatic carbocycles. The van der Waals surface area contributed by atoms with E-state index in [0.29, 0.717) is 24.4 Å². The molecule has 0 spiro atoms. The van der Waals surface area contributed by atoms with Crippen LogP contribution >= 0.6 is 28.3 Å². The molecule has 1 heterocycles. The molecule has 1 saturated carbocycles. The average Bonchev–Trinajstić information content (AvgIpc) is 2.46. The van der Waals surface area contributed by atoms with Crippen molar-refractivity contribution in [2.75, 3.05) is 18.9 Å². The Morgan fingerprint density at radius 2 is 2.10 bits per heavy atom. The molecular weight excluding hydrogens is 356 g/mol. The van der Waals surface area contributed by atoms with Crippen LogP contribution in [0.25, 0.3) is 0 Å². The first kappa shape index (κ1) is 16.6. The van der Waals surface area contributed by atoms with E-state index in [1.54, 1.807) is 12.1 Å². The second kappa shape index (κ2) is 6.99. The van der Waals surface area contributed by atoms with Crippen LogP contribution in [0.3, 0.4) is 0 Å². The molecule has 4 nitrogen and oxygen atoms in total. The molecule has 1 aromatic rings. The molecule has 2 unspecified atom stereocenters. The fourth-order valence-electron chi connectivity index (χ4n) is 3.23. The fraction of sp³-hybridized carbons (Fsp3) is 0.533. The van der Waals surface area contributed by atoms with Gasteiger partial charge in [0, 0.05) is 16.7 Å². The summed E-state index contributed by atoms with van der Waals surface area (Å²) < 4.78 is 6.71. The number of halogens is 2. The van der Waals surface area contributed by atoms with Crippen molar-refractivity contribution in [2.45, 2.75) is 37.8 Å². The molecule has 116 valence electrons. The smallest absolute Gasteiger partial charge is 0.256 e. The predicted octanol–water partition coefficient (Wildman–Crippen LogP) is 3.24. The van der Waals surface area contributed by atoms with Crippen molar-refractivity contribution in [3.8, 4) is 0 Å². The lowest BCUT2D eigenvalue weighted by Crippen LogP contribution is -2.54. The number of amides is 1. The molecule has 6 heteroatoms. The van der Waals surface area contributed by atoms with Crippen LogP contribution < -0.4 is 5.73 Å². The van der Waals surface area contributed by atoms with Crippen molar-refractivity contribution in [2.24, 2.45) is 0 Å². The van der Waals surface area contributed by atoms with Gasteiger partial charge in [-0.15, -0.1) is 12.4 Å².